The molecule has 1 aromatic heterocycles. The molecule has 0 bridgehead atoms. The minimum absolute atomic E-state index is 0.114. The second-order valence-corrected chi connectivity index (χ2v) is 11.8. The maximum Gasteiger partial charge on any atom is 0.417 e. The fourth-order valence-corrected chi connectivity index (χ4v) is 5.48. The second kappa shape index (κ2) is 13.1. The summed E-state index contributed by atoms with van der Waals surface area (Å²) in [5.74, 6) is -0.116. The monoisotopic (exact) mass is 629 g/mol. The predicted octanol–water partition coefficient (Wildman–Crippen LogP) is 5.43. The molecule has 1 saturated carbocycles. The fourth-order valence-electron chi connectivity index (χ4n) is 5.20. The highest BCUT2D eigenvalue weighted by atomic mass is 35.5. The molecule has 3 aromatic rings. The van der Waals surface area contributed by atoms with E-state index >= 15 is 0 Å². The van der Waals surface area contributed by atoms with Gasteiger partial charge in [0.1, 0.15) is 12.1 Å². The molecule has 2 aliphatic rings. The van der Waals surface area contributed by atoms with Crippen LogP contribution in [-0.4, -0.2) is 77.9 Å². The topological polar surface area (TPSA) is 102 Å². The number of nitrogens with one attached hydrogen (secondary N) is 3. The number of aryl methyl sites for hydroxylation is 1. The van der Waals surface area contributed by atoms with E-state index in [1.807, 2.05) is 6.07 Å². The van der Waals surface area contributed by atoms with E-state index in [-0.39, 0.29) is 17.2 Å². The molecule has 0 radical (unpaired) electrons. The summed E-state index contributed by atoms with van der Waals surface area (Å²) in [7, 11) is 2.14. The van der Waals surface area contributed by atoms with Crippen molar-refractivity contribution in [2.75, 3.05) is 62.3 Å². The van der Waals surface area contributed by atoms with Gasteiger partial charge in [-0.2, -0.15) is 13.2 Å². The highest BCUT2D eigenvalue weighted by Crippen LogP contribution is 2.48. The molecule has 2 aromatic carbocycles. The number of rotatable bonds is 10. The first kappa shape index (κ1) is 31.7. The number of alkyl halides is 3. The van der Waals surface area contributed by atoms with E-state index in [2.05, 4.69) is 42.8 Å². The standard InChI is InChI=1S/C31H35ClF3N7O2/c1-20-4-5-21(28(43)39-22-6-7-23(24(32)17-22)31(33,34)35)16-25(20)40-29(44)30(8-9-30)26-18-27(38-19-37-26)36-10-3-11-42-14-12-41(2)13-15-42/h4-7,16-19H,3,8-15H2,1-2H3,(H,39,43)(H,40,44)(H,36,37,38). The van der Waals surface area contributed by atoms with Crippen LogP contribution in [0, 0.1) is 6.92 Å². The lowest BCUT2D eigenvalue weighted by Crippen LogP contribution is -2.44. The Balaban J connectivity index is 1.20. The van der Waals surface area contributed by atoms with Gasteiger partial charge in [0.25, 0.3) is 5.91 Å². The van der Waals surface area contributed by atoms with Gasteiger partial charge in [-0.3, -0.25) is 9.59 Å². The maximum atomic E-state index is 13.5. The quantitative estimate of drug-likeness (QED) is 0.257. The average molecular weight is 630 g/mol. The molecule has 2 fully saturated rings. The Kier molecular flexibility index (Phi) is 9.42. The molecule has 3 N–H and O–H groups in total. The second-order valence-electron chi connectivity index (χ2n) is 11.4. The fraction of sp³-hybridized carbons (Fsp3) is 0.419. The van der Waals surface area contributed by atoms with Crippen molar-refractivity contribution in [3.05, 3.63) is 76.2 Å². The van der Waals surface area contributed by atoms with Crippen LogP contribution in [0.3, 0.4) is 0 Å². The lowest BCUT2D eigenvalue weighted by Gasteiger charge is -2.32. The zero-order chi connectivity index (χ0) is 31.5. The van der Waals surface area contributed by atoms with Crippen molar-refractivity contribution in [1.82, 2.24) is 19.8 Å². The maximum absolute atomic E-state index is 13.5. The number of amides is 2. The van der Waals surface area contributed by atoms with Crippen molar-refractivity contribution in [3.63, 3.8) is 0 Å². The van der Waals surface area contributed by atoms with Crippen LogP contribution in [0.5, 0.6) is 0 Å². The lowest BCUT2D eigenvalue weighted by molar-refractivity contribution is -0.137. The Hall–Kier alpha value is -3.74. The van der Waals surface area contributed by atoms with Crippen molar-refractivity contribution in [2.24, 2.45) is 0 Å². The number of aromatic nitrogens is 2. The van der Waals surface area contributed by atoms with Gasteiger partial charge in [0, 0.05) is 55.7 Å². The van der Waals surface area contributed by atoms with Crippen molar-refractivity contribution in [2.45, 2.75) is 37.8 Å². The Morgan fingerprint density at radius 3 is 2.43 bits per heavy atom. The van der Waals surface area contributed by atoms with Crippen LogP contribution in [0.15, 0.2) is 48.8 Å². The van der Waals surface area contributed by atoms with Gasteiger partial charge in [0.05, 0.1) is 21.7 Å². The van der Waals surface area contributed by atoms with Gasteiger partial charge in [-0.1, -0.05) is 17.7 Å². The Morgan fingerprint density at radius 1 is 1.00 bits per heavy atom. The Labute approximate surface area is 259 Å². The smallest absolute Gasteiger partial charge is 0.370 e. The van der Waals surface area contributed by atoms with Crippen LogP contribution in [-0.2, 0) is 16.4 Å². The first-order valence-corrected chi connectivity index (χ1v) is 14.9. The number of carbonyl (C=O) groups is 2. The normalized spacial score (nSPS) is 16.8. The Morgan fingerprint density at radius 2 is 1.75 bits per heavy atom. The van der Waals surface area contributed by atoms with Crippen molar-refractivity contribution >= 4 is 40.6 Å². The molecule has 13 heteroatoms. The number of piperazine rings is 1. The number of benzene rings is 2. The third kappa shape index (κ3) is 7.48. The van der Waals surface area contributed by atoms with E-state index in [0.717, 1.165) is 69.5 Å². The van der Waals surface area contributed by atoms with Crippen LogP contribution in [0.25, 0.3) is 0 Å². The van der Waals surface area contributed by atoms with E-state index in [1.54, 1.807) is 19.1 Å². The zero-order valence-corrected chi connectivity index (χ0v) is 25.4. The van der Waals surface area contributed by atoms with Crippen LogP contribution in [0.2, 0.25) is 5.02 Å². The summed E-state index contributed by atoms with van der Waals surface area (Å²) in [6.45, 7) is 7.90. The van der Waals surface area contributed by atoms with Gasteiger partial charge in [-0.25, -0.2) is 9.97 Å². The summed E-state index contributed by atoms with van der Waals surface area (Å²) in [5, 5.41) is 8.36. The minimum Gasteiger partial charge on any atom is -0.370 e. The number of hydrogen-bond donors (Lipinski definition) is 3. The molecule has 0 unspecified atom stereocenters. The molecular weight excluding hydrogens is 595 g/mol. The highest BCUT2D eigenvalue weighted by molar-refractivity contribution is 6.31. The zero-order valence-electron chi connectivity index (χ0n) is 24.6. The molecule has 1 aliphatic heterocycles. The number of anilines is 3. The van der Waals surface area contributed by atoms with E-state index < -0.39 is 28.1 Å². The number of halogens is 4. The number of hydrogen-bond acceptors (Lipinski definition) is 7. The van der Waals surface area contributed by atoms with Crippen molar-refractivity contribution in [3.8, 4) is 0 Å². The summed E-state index contributed by atoms with van der Waals surface area (Å²) in [4.78, 5) is 40.0. The third-order valence-corrected chi connectivity index (χ3v) is 8.49. The highest BCUT2D eigenvalue weighted by Gasteiger charge is 2.53. The van der Waals surface area contributed by atoms with Crippen LogP contribution in [0.1, 0.15) is 46.4 Å². The molecule has 1 saturated heterocycles. The first-order chi connectivity index (χ1) is 20.9. The summed E-state index contributed by atoms with van der Waals surface area (Å²) < 4.78 is 39.1. The third-order valence-electron chi connectivity index (χ3n) is 8.18. The van der Waals surface area contributed by atoms with E-state index in [9.17, 15) is 22.8 Å². The molecule has 9 nitrogen and oxygen atoms in total. The Bertz CT molecular complexity index is 1520. The van der Waals surface area contributed by atoms with Gasteiger partial charge in [-0.15, -0.1) is 0 Å². The predicted molar refractivity (Wildman–Crippen MR) is 164 cm³/mol. The molecule has 5 rings (SSSR count). The van der Waals surface area contributed by atoms with Gasteiger partial charge in [-0.05, 0) is 75.7 Å². The number of carbonyl (C=O) groups excluding carboxylic acids is 2. The summed E-state index contributed by atoms with van der Waals surface area (Å²) >= 11 is 5.79. The summed E-state index contributed by atoms with van der Waals surface area (Å²) in [6.07, 6.45) is -0.894. The van der Waals surface area contributed by atoms with Crippen LogP contribution < -0.4 is 16.0 Å². The minimum atomic E-state index is -4.60. The van der Waals surface area contributed by atoms with E-state index in [0.29, 0.717) is 30.0 Å². The van der Waals surface area contributed by atoms with Gasteiger partial charge < -0.3 is 25.8 Å². The van der Waals surface area contributed by atoms with E-state index in [4.69, 9.17) is 11.6 Å². The van der Waals surface area contributed by atoms with Crippen molar-refractivity contribution < 1.29 is 22.8 Å². The lowest BCUT2D eigenvalue weighted by atomic mass is 10.00. The van der Waals surface area contributed by atoms with E-state index in [1.165, 1.54) is 12.4 Å². The van der Waals surface area contributed by atoms with Crippen molar-refractivity contribution in [1.29, 1.82) is 0 Å². The average Bonchev–Trinajstić information content (AvgIpc) is 3.79. The van der Waals surface area contributed by atoms with Gasteiger partial charge >= 0.3 is 6.18 Å². The molecule has 234 valence electrons. The first-order valence-electron chi connectivity index (χ1n) is 14.5. The van der Waals surface area contributed by atoms with Crippen LogP contribution in [0.4, 0.5) is 30.4 Å². The summed E-state index contributed by atoms with van der Waals surface area (Å²) in [5.41, 5.74) is 0.391. The molecule has 2 amide bonds. The molecule has 44 heavy (non-hydrogen) atoms. The summed E-state index contributed by atoms with van der Waals surface area (Å²) in [6, 6.07) is 9.64. The largest absolute Gasteiger partial charge is 0.417 e. The van der Waals surface area contributed by atoms with Gasteiger partial charge in [0.2, 0.25) is 5.91 Å². The van der Waals surface area contributed by atoms with Gasteiger partial charge in [0.15, 0.2) is 0 Å². The molecular formula is C31H35ClF3N7O2. The van der Waals surface area contributed by atoms with Crippen LogP contribution >= 0.6 is 11.6 Å². The molecule has 2 heterocycles. The number of nitrogens with zero attached hydrogens (tertiary/aromatic N) is 4. The molecule has 0 atom stereocenters. The molecule has 1 aliphatic carbocycles. The number of likely N-dealkylation sites (N-methyl/N-ethyl adjacent to an activating group) is 1. The molecule has 0 spiro atoms. The SMILES string of the molecule is Cc1ccc(C(=O)Nc2ccc(C(F)(F)F)c(Cl)c2)cc1NC(=O)C1(c2cc(NCCCN3CCN(C)CC3)ncn2)CC1.